The van der Waals surface area contributed by atoms with E-state index in [0.29, 0.717) is 5.92 Å². The molecule has 0 spiro atoms. The van der Waals surface area contributed by atoms with E-state index in [-0.39, 0.29) is 41.1 Å². The Balaban J connectivity index is 0.00000292. The number of hydrogen-bond acceptors (Lipinski definition) is 0. The average Bonchev–Trinajstić information content (AvgIpc) is 3.60. The van der Waals surface area contributed by atoms with E-state index in [4.69, 9.17) is 23.2 Å². The van der Waals surface area contributed by atoms with Crippen LogP contribution in [0, 0.1) is 11.3 Å². The van der Waals surface area contributed by atoms with Crippen LogP contribution in [0.15, 0.2) is 99.9 Å². The SMILES string of the molecule is CCCC1C=C(C(C)(C)C)C=[C]1[Zr+2](=[C](c1cccc(Cl)c1)c1cccc(Cl)c1)[c]1c(C(C)(C)C)ccc2c1Cc1cc(C(C)(C)C)ccc1-2.[Cl-].[Cl-]. The summed E-state index contributed by atoms with van der Waals surface area (Å²) >= 11 is 10.6. The van der Waals surface area contributed by atoms with Gasteiger partial charge < -0.3 is 24.8 Å². The van der Waals surface area contributed by atoms with Gasteiger partial charge in [-0.25, -0.2) is 0 Å². The van der Waals surface area contributed by atoms with E-state index in [1.807, 2.05) is 12.1 Å². The summed E-state index contributed by atoms with van der Waals surface area (Å²) in [5, 5.41) is 1.55. The first-order valence-electron chi connectivity index (χ1n) is 18.0. The van der Waals surface area contributed by atoms with E-state index < -0.39 is 21.3 Å². The first kappa shape index (κ1) is 42.0. The molecule has 0 N–H and O–H groups in total. The van der Waals surface area contributed by atoms with Crippen LogP contribution in [0.1, 0.15) is 115 Å². The van der Waals surface area contributed by atoms with Crippen LogP contribution in [-0.2, 0) is 38.5 Å². The Morgan fingerprint density at radius 1 is 0.706 bits per heavy atom. The number of fused-ring (bicyclic) bond motifs is 3. The number of hydrogen-bond donors (Lipinski definition) is 0. The minimum absolute atomic E-state index is 0. The third-order valence-corrected chi connectivity index (χ3v) is 18.8. The van der Waals surface area contributed by atoms with Crippen LogP contribution in [0.3, 0.4) is 0 Å². The van der Waals surface area contributed by atoms with Crippen molar-refractivity contribution in [1.82, 2.24) is 0 Å². The Bertz CT molecular complexity index is 1980. The molecule has 0 aliphatic heterocycles. The maximum Gasteiger partial charge on any atom is -1.00 e. The molecule has 51 heavy (non-hydrogen) atoms. The van der Waals surface area contributed by atoms with Gasteiger partial charge in [0.2, 0.25) is 0 Å². The molecular formula is C46H52Cl4Zr. The molecule has 0 radical (unpaired) electrons. The predicted molar refractivity (Wildman–Crippen MR) is 212 cm³/mol. The van der Waals surface area contributed by atoms with Crippen molar-refractivity contribution in [2.24, 2.45) is 11.3 Å². The Labute approximate surface area is 338 Å². The van der Waals surface area contributed by atoms with Crippen molar-refractivity contribution in [2.45, 2.75) is 99.3 Å². The molecule has 6 rings (SSSR count). The second kappa shape index (κ2) is 15.9. The number of rotatable bonds is 6. The van der Waals surface area contributed by atoms with Crippen LogP contribution in [0.5, 0.6) is 0 Å². The smallest absolute Gasteiger partial charge is 1.00 e. The normalized spacial score (nSPS) is 15.1. The molecule has 2 aliphatic rings. The van der Waals surface area contributed by atoms with Gasteiger partial charge in [0.15, 0.2) is 0 Å². The van der Waals surface area contributed by atoms with Crippen LogP contribution in [0.2, 0.25) is 10.0 Å². The monoisotopic (exact) mass is 834 g/mol. The first-order valence-corrected chi connectivity index (χ1v) is 22.4. The van der Waals surface area contributed by atoms with Crippen LogP contribution in [-0.4, -0.2) is 3.21 Å². The second-order valence-corrected chi connectivity index (χ2v) is 23.8. The van der Waals surface area contributed by atoms with E-state index >= 15 is 0 Å². The van der Waals surface area contributed by atoms with Gasteiger partial charge in [-0.1, -0.05) is 0 Å². The summed E-state index contributed by atoms with van der Waals surface area (Å²) in [5.74, 6) is 0.418. The van der Waals surface area contributed by atoms with Gasteiger partial charge in [0.1, 0.15) is 0 Å². The van der Waals surface area contributed by atoms with Crippen molar-refractivity contribution in [3.63, 3.8) is 0 Å². The van der Waals surface area contributed by atoms with Crippen molar-refractivity contribution in [3.8, 4) is 11.1 Å². The van der Waals surface area contributed by atoms with Crippen molar-refractivity contribution < 1.29 is 46.1 Å². The van der Waals surface area contributed by atoms with Gasteiger partial charge in [0.05, 0.1) is 0 Å². The molecular weight excluding hydrogens is 786 g/mol. The molecule has 4 aromatic carbocycles. The maximum absolute atomic E-state index is 6.85. The number of halogens is 4. The third-order valence-electron chi connectivity index (χ3n) is 10.3. The average molecular weight is 838 g/mol. The number of allylic oxidation sites excluding steroid dienone is 4. The van der Waals surface area contributed by atoms with E-state index in [1.54, 1.807) is 12.1 Å². The van der Waals surface area contributed by atoms with Gasteiger partial charge in [0, 0.05) is 0 Å². The molecule has 1 atom stereocenters. The Kier molecular flexibility index (Phi) is 13.1. The zero-order valence-corrected chi connectivity index (χ0v) is 37.4. The number of benzene rings is 4. The summed E-state index contributed by atoms with van der Waals surface area (Å²) in [5.41, 5.74) is 12.8. The molecule has 4 aromatic rings. The second-order valence-electron chi connectivity index (χ2n) is 17.2. The molecule has 0 aromatic heterocycles. The van der Waals surface area contributed by atoms with Crippen molar-refractivity contribution in [1.29, 1.82) is 0 Å². The van der Waals surface area contributed by atoms with E-state index in [1.165, 1.54) is 47.7 Å². The van der Waals surface area contributed by atoms with Crippen LogP contribution >= 0.6 is 23.2 Å². The molecule has 0 saturated carbocycles. The first-order chi connectivity index (χ1) is 23.0. The Morgan fingerprint density at radius 3 is 1.80 bits per heavy atom. The van der Waals surface area contributed by atoms with E-state index in [2.05, 4.69) is 148 Å². The van der Waals surface area contributed by atoms with Crippen molar-refractivity contribution >= 4 is 29.7 Å². The fourth-order valence-corrected chi connectivity index (χ4v) is 17.6. The summed E-state index contributed by atoms with van der Waals surface area (Å²) in [6, 6.07) is 29.4. The third kappa shape index (κ3) is 8.66. The van der Waals surface area contributed by atoms with Gasteiger partial charge >= 0.3 is 316 Å². The van der Waals surface area contributed by atoms with E-state index in [9.17, 15) is 0 Å². The molecule has 2 aliphatic carbocycles. The molecule has 0 bridgehead atoms. The van der Waals surface area contributed by atoms with Gasteiger partial charge in [-0.15, -0.1) is 0 Å². The zero-order valence-electron chi connectivity index (χ0n) is 31.9. The van der Waals surface area contributed by atoms with Gasteiger partial charge in [-0.2, -0.15) is 0 Å². The van der Waals surface area contributed by atoms with E-state index in [0.717, 1.165) is 29.3 Å². The minimum atomic E-state index is -3.12. The maximum atomic E-state index is 6.85. The van der Waals surface area contributed by atoms with Crippen molar-refractivity contribution in [3.05, 3.63) is 143 Å². The van der Waals surface area contributed by atoms with Crippen molar-refractivity contribution in [2.75, 3.05) is 0 Å². The van der Waals surface area contributed by atoms with Gasteiger partial charge in [-0.3, -0.25) is 0 Å². The van der Waals surface area contributed by atoms with Crippen LogP contribution < -0.4 is 28.1 Å². The predicted octanol–water partition coefficient (Wildman–Crippen LogP) is 6.97. The zero-order chi connectivity index (χ0) is 35.5. The minimum Gasteiger partial charge on any atom is -1.00 e. The molecule has 0 amide bonds. The topological polar surface area (TPSA) is 0 Å². The fourth-order valence-electron chi connectivity index (χ4n) is 7.71. The van der Waals surface area contributed by atoms with Gasteiger partial charge in [0.25, 0.3) is 0 Å². The molecule has 0 fully saturated rings. The molecule has 1 unspecified atom stereocenters. The summed E-state index contributed by atoms with van der Waals surface area (Å²) in [6.07, 6.45) is 8.55. The molecule has 5 heteroatoms. The molecule has 0 nitrogen and oxygen atoms in total. The largest absolute Gasteiger partial charge is 1.00 e. The van der Waals surface area contributed by atoms with Crippen LogP contribution in [0.4, 0.5) is 0 Å². The Hall–Kier alpha value is -1.73. The summed E-state index contributed by atoms with van der Waals surface area (Å²) in [4.78, 5) is 0. The molecule has 268 valence electrons. The molecule has 0 heterocycles. The van der Waals surface area contributed by atoms with Crippen LogP contribution in [0.25, 0.3) is 11.1 Å². The van der Waals surface area contributed by atoms with Gasteiger partial charge in [-0.05, 0) is 0 Å². The summed E-state index contributed by atoms with van der Waals surface area (Å²) < 4.78 is 4.79. The Morgan fingerprint density at radius 2 is 1.29 bits per heavy atom. The summed E-state index contributed by atoms with van der Waals surface area (Å²) in [7, 11) is 0. The molecule has 0 saturated heterocycles. The quantitative estimate of drug-likeness (QED) is 0.174. The summed E-state index contributed by atoms with van der Waals surface area (Å²) in [6.45, 7) is 23.6. The standard InChI is InChI=1S/C21H25.C13H8Cl2.C12H19.2ClH.Zr/c1-20(2,3)16-7-9-18-14(12-16)11-15-13-17(21(4,5)6)8-10-19(15)18;14-12-5-1-3-10(8-12)7-11-4-2-6-13(15)9-11;1-5-6-10-7-8-11(9-10)12(2,3)4;;;/h7-10,12H,11H2,1-6H3;1-6,8-9H;8-10H,5-6H2,1-4H3;2*1H;/q;;;;;+2/p-2. The fraction of sp³-hybridized carbons (Fsp3) is 0.370.